The van der Waals surface area contributed by atoms with Crippen molar-refractivity contribution < 1.29 is 8.78 Å². The maximum absolute atomic E-state index is 12.3. The molecule has 0 saturated heterocycles. The molecule has 2 aromatic rings. The van der Waals surface area contributed by atoms with E-state index in [1.54, 1.807) is 18.5 Å². The molecule has 0 N–H and O–H groups in total. The van der Waals surface area contributed by atoms with E-state index < -0.39 is 6.43 Å². The Kier molecular flexibility index (Phi) is 1.61. The van der Waals surface area contributed by atoms with Gasteiger partial charge in [0.05, 0.1) is 0 Å². The van der Waals surface area contributed by atoms with Crippen LogP contribution in [0.4, 0.5) is 8.78 Å². The summed E-state index contributed by atoms with van der Waals surface area (Å²) in [5.41, 5.74) is -0.117. The van der Waals surface area contributed by atoms with Crippen molar-refractivity contribution in [2.45, 2.75) is 6.43 Å². The van der Waals surface area contributed by atoms with Crippen LogP contribution in [0, 0.1) is 0 Å². The summed E-state index contributed by atoms with van der Waals surface area (Å²) in [6.45, 7) is 0. The Bertz CT molecular complexity index is 404. The van der Waals surface area contributed by atoms with Crippen LogP contribution in [0.15, 0.2) is 11.4 Å². The fourth-order valence-corrected chi connectivity index (χ4v) is 1.99. The van der Waals surface area contributed by atoms with Gasteiger partial charge in [-0.25, -0.2) is 8.78 Å². The molecule has 64 valence electrons. The van der Waals surface area contributed by atoms with Crippen LogP contribution in [0.5, 0.6) is 0 Å². The molecule has 0 unspecified atom stereocenters. The SMILES string of the molecule is Cn1nc(C(F)F)c2ccsc21. The molecule has 0 spiro atoms. The lowest BCUT2D eigenvalue weighted by molar-refractivity contribution is 0.147. The van der Waals surface area contributed by atoms with Gasteiger partial charge >= 0.3 is 0 Å². The molecule has 0 bridgehead atoms. The van der Waals surface area contributed by atoms with Gasteiger partial charge in [-0.2, -0.15) is 5.10 Å². The Morgan fingerprint density at radius 2 is 2.33 bits per heavy atom. The molecule has 2 rings (SSSR count). The molecule has 2 heterocycles. The first-order valence-electron chi connectivity index (χ1n) is 3.38. The summed E-state index contributed by atoms with van der Waals surface area (Å²) in [7, 11) is 1.67. The third-order valence-electron chi connectivity index (χ3n) is 1.68. The van der Waals surface area contributed by atoms with E-state index in [1.807, 2.05) is 0 Å². The number of fused-ring (bicyclic) bond motifs is 1. The van der Waals surface area contributed by atoms with Gasteiger partial charge in [-0.15, -0.1) is 11.3 Å². The number of alkyl halides is 2. The fourth-order valence-electron chi connectivity index (χ4n) is 1.17. The van der Waals surface area contributed by atoms with Crippen molar-refractivity contribution in [1.82, 2.24) is 9.78 Å². The zero-order valence-electron chi connectivity index (χ0n) is 6.29. The van der Waals surface area contributed by atoms with E-state index >= 15 is 0 Å². The van der Waals surface area contributed by atoms with Gasteiger partial charge in [-0.1, -0.05) is 0 Å². The van der Waals surface area contributed by atoms with Crippen LogP contribution in [-0.2, 0) is 7.05 Å². The predicted molar refractivity (Wildman–Crippen MR) is 43.5 cm³/mol. The van der Waals surface area contributed by atoms with Crippen molar-refractivity contribution in [3.05, 3.63) is 17.1 Å². The molecule has 0 radical (unpaired) electrons. The smallest absolute Gasteiger partial charge is 0.257 e. The topological polar surface area (TPSA) is 17.8 Å². The van der Waals surface area contributed by atoms with Crippen molar-refractivity contribution in [2.24, 2.45) is 7.05 Å². The molecule has 0 aliphatic carbocycles. The van der Waals surface area contributed by atoms with Crippen LogP contribution in [0.1, 0.15) is 12.1 Å². The Labute approximate surface area is 71.4 Å². The molecular formula is C7H6F2N2S. The monoisotopic (exact) mass is 188 g/mol. The highest BCUT2D eigenvalue weighted by atomic mass is 32.1. The standard InChI is InChI=1S/C7H6F2N2S/c1-11-7-4(2-3-12-7)5(10-11)6(8)9/h2-3,6H,1H3. The Balaban J connectivity index is 2.75. The molecule has 0 aliphatic rings. The van der Waals surface area contributed by atoms with Crippen LogP contribution >= 0.6 is 11.3 Å². The summed E-state index contributed by atoms with van der Waals surface area (Å²) < 4.78 is 26.1. The lowest BCUT2D eigenvalue weighted by Crippen LogP contribution is -1.91. The third-order valence-corrected chi connectivity index (χ3v) is 2.66. The van der Waals surface area contributed by atoms with Crippen molar-refractivity contribution in [3.63, 3.8) is 0 Å². The summed E-state index contributed by atoms with van der Waals surface area (Å²) in [4.78, 5) is 0.797. The predicted octanol–water partition coefficient (Wildman–Crippen LogP) is 2.57. The highest BCUT2D eigenvalue weighted by Gasteiger charge is 2.17. The largest absolute Gasteiger partial charge is 0.282 e. The van der Waals surface area contributed by atoms with Gasteiger partial charge in [0.1, 0.15) is 10.5 Å². The van der Waals surface area contributed by atoms with Crippen molar-refractivity contribution in [2.75, 3.05) is 0 Å². The molecule has 0 aliphatic heterocycles. The summed E-state index contributed by atoms with van der Waals surface area (Å²) in [5.74, 6) is 0. The van der Waals surface area contributed by atoms with E-state index in [2.05, 4.69) is 5.10 Å². The van der Waals surface area contributed by atoms with Crippen LogP contribution < -0.4 is 0 Å². The molecular weight excluding hydrogens is 182 g/mol. The number of aryl methyl sites for hydroxylation is 1. The van der Waals surface area contributed by atoms with Crippen molar-refractivity contribution in [1.29, 1.82) is 0 Å². The zero-order chi connectivity index (χ0) is 8.72. The molecule has 2 nitrogen and oxygen atoms in total. The van der Waals surface area contributed by atoms with Crippen LogP contribution in [-0.4, -0.2) is 9.78 Å². The van der Waals surface area contributed by atoms with Crippen molar-refractivity contribution >= 4 is 21.6 Å². The van der Waals surface area contributed by atoms with E-state index in [0.29, 0.717) is 5.39 Å². The van der Waals surface area contributed by atoms with E-state index in [-0.39, 0.29) is 5.69 Å². The maximum Gasteiger partial charge on any atom is 0.282 e. The summed E-state index contributed by atoms with van der Waals surface area (Å²) in [6, 6.07) is 1.68. The first-order valence-corrected chi connectivity index (χ1v) is 4.26. The molecule has 12 heavy (non-hydrogen) atoms. The van der Waals surface area contributed by atoms with Gasteiger partial charge < -0.3 is 0 Å². The second kappa shape index (κ2) is 2.52. The summed E-state index contributed by atoms with van der Waals surface area (Å²) in [5, 5.41) is 6.08. The fraction of sp³-hybridized carbons (Fsp3) is 0.286. The normalized spacial score (nSPS) is 11.7. The molecule has 0 aromatic carbocycles. The zero-order valence-corrected chi connectivity index (χ0v) is 7.11. The second-order valence-electron chi connectivity index (χ2n) is 2.45. The van der Waals surface area contributed by atoms with Crippen molar-refractivity contribution in [3.8, 4) is 0 Å². The minimum Gasteiger partial charge on any atom is -0.257 e. The van der Waals surface area contributed by atoms with E-state index in [9.17, 15) is 8.78 Å². The second-order valence-corrected chi connectivity index (χ2v) is 3.34. The molecule has 0 fully saturated rings. The molecule has 0 amide bonds. The quantitative estimate of drug-likeness (QED) is 0.672. The number of hydrogen-bond donors (Lipinski definition) is 0. The Hall–Kier alpha value is -0.970. The minimum atomic E-state index is -2.48. The molecule has 0 atom stereocenters. The van der Waals surface area contributed by atoms with Gasteiger partial charge in [0, 0.05) is 12.4 Å². The minimum absolute atomic E-state index is 0.117. The lowest BCUT2D eigenvalue weighted by atomic mass is 10.3. The highest BCUT2D eigenvalue weighted by molar-refractivity contribution is 7.16. The summed E-state index contributed by atoms with van der Waals surface area (Å²) in [6.07, 6.45) is -2.48. The van der Waals surface area contributed by atoms with E-state index in [1.165, 1.54) is 16.0 Å². The molecule has 2 aromatic heterocycles. The first kappa shape index (κ1) is 7.67. The first-order chi connectivity index (χ1) is 5.70. The van der Waals surface area contributed by atoms with Crippen LogP contribution in [0.25, 0.3) is 10.2 Å². The average Bonchev–Trinajstić information content (AvgIpc) is 2.53. The lowest BCUT2D eigenvalue weighted by Gasteiger charge is -1.90. The van der Waals surface area contributed by atoms with Gasteiger partial charge in [-0.05, 0) is 11.4 Å². The van der Waals surface area contributed by atoms with Gasteiger partial charge in [0.25, 0.3) is 6.43 Å². The maximum atomic E-state index is 12.3. The molecule has 5 heteroatoms. The van der Waals surface area contributed by atoms with Gasteiger partial charge in [0.2, 0.25) is 0 Å². The number of halogens is 2. The highest BCUT2D eigenvalue weighted by Crippen LogP contribution is 2.29. The Morgan fingerprint density at radius 3 is 3.00 bits per heavy atom. The van der Waals surface area contributed by atoms with Gasteiger partial charge in [0.15, 0.2) is 0 Å². The van der Waals surface area contributed by atoms with Crippen LogP contribution in [0.2, 0.25) is 0 Å². The number of hydrogen-bond acceptors (Lipinski definition) is 2. The van der Waals surface area contributed by atoms with Crippen LogP contribution in [0.3, 0.4) is 0 Å². The number of nitrogens with zero attached hydrogens (tertiary/aromatic N) is 2. The van der Waals surface area contributed by atoms with Gasteiger partial charge in [-0.3, -0.25) is 4.68 Å². The number of rotatable bonds is 1. The number of aromatic nitrogens is 2. The average molecular weight is 188 g/mol. The Morgan fingerprint density at radius 1 is 1.58 bits per heavy atom. The summed E-state index contributed by atoms with van der Waals surface area (Å²) >= 11 is 1.42. The number of thiophene rings is 1. The van der Waals surface area contributed by atoms with E-state index in [0.717, 1.165) is 4.83 Å². The van der Waals surface area contributed by atoms with E-state index in [4.69, 9.17) is 0 Å². The third kappa shape index (κ3) is 0.929. The molecule has 0 saturated carbocycles.